The highest BCUT2D eigenvalue weighted by Crippen LogP contribution is 2.33. The van der Waals surface area contributed by atoms with E-state index < -0.39 is 0 Å². The number of aromatic nitrogens is 2. The third-order valence-corrected chi connectivity index (χ3v) is 7.06. The minimum Gasteiger partial charge on any atom is -0.493 e. The molecule has 158 valence electrons. The number of rotatable bonds is 6. The van der Waals surface area contributed by atoms with Gasteiger partial charge in [0.1, 0.15) is 16.9 Å². The van der Waals surface area contributed by atoms with Gasteiger partial charge >= 0.3 is 0 Å². The van der Waals surface area contributed by atoms with E-state index in [2.05, 4.69) is 35.2 Å². The lowest BCUT2D eigenvalue weighted by molar-refractivity contribution is 0.309. The molecule has 0 radical (unpaired) electrons. The molecule has 0 fully saturated rings. The highest BCUT2D eigenvalue weighted by molar-refractivity contribution is 7.18. The van der Waals surface area contributed by atoms with Gasteiger partial charge in [0.25, 0.3) is 5.56 Å². The molecule has 0 saturated heterocycles. The average molecular weight is 432 g/mol. The molecule has 0 bridgehead atoms. The third kappa shape index (κ3) is 3.76. The molecule has 2 aromatic carbocycles. The molecule has 0 N–H and O–H groups in total. The number of hydrogen-bond acceptors (Lipinski definition) is 5. The summed E-state index contributed by atoms with van der Waals surface area (Å²) < 4.78 is 7.41. The predicted molar refractivity (Wildman–Crippen MR) is 128 cm³/mol. The molecule has 2 heterocycles. The summed E-state index contributed by atoms with van der Waals surface area (Å²) in [5, 5.41) is 7.44. The lowest BCUT2D eigenvalue weighted by Crippen LogP contribution is -2.18. The Hall–Kier alpha value is -2.99. The second kappa shape index (κ2) is 8.63. The van der Waals surface area contributed by atoms with Crippen LogP contribution in [0.5, 0.6) is 5.75 Å². The molecule has 31 heavy (non-hydrogen) atoms. The van der Waals surface area contributed by atoms with Gasteiger partial charge in [-0.05, 0) is 54.5 Å². The summed E-state index contributed by atoms with van der Waals surface area (Å²) in [5.74, 6) is 0.783. The smallest absolute Gasteiger partial charge is 0.282 e. The maximum Gasteiger partial charge on any atom is 0.282 e. The van der Waals surface area contributed by atoms with E-state index in [-0.39, 0.29) is 5.56 Å². The van der Waals surface area contributed by atoms with Crippen LogP contribution in [0.3, 0.4) is 0 Å². The third-order valence-electron chi connectivity index (χ3n) is 5.86. The normalized spacial score (nSPS) is 13.8. The molecular weight excluding hydrogens is 406 g/mol. The van der Waals surface area contributed by atoms with Crippen molar-refractivity contribution in [1.82, 2.24) is 9.66 Å². The number of unbranched alkanes of at least 4 members (excludes halogenated alkanes) is 1. The van der Waals surface area contributed by atoms with E-state index in [0.29, 0.717) is 6.61 Å². The molecular formula is C25H25N3O2S. The van der Waals surface area contributed by atoms with Crippen LogP contribution in [0.25, 0.3) is 21.0 Å². The zero-order chi connectivity index (χ0) is 21.2. The first-order chi connectivity index (χ1) is 15.3. The molecule has 5 nitrogen and oxygen atoms in total. The topological polar surface area (TPSA) is 56.5 Å². The van der Waals surface area contributed by atoms with Crippen LogP contribution in [0.2, 0.25) is 0 Å². The van der Waals surface area contributed by atoms with Crippen molar-refractivity contribution in [2.75, 3.05) is 6.61 Å². The fourth-order valence-corrected chi connectivity index (χ4v) is 5.42. The predicted octanol–water partition coefficient (Wildman–Crippen LogP) is 5.55. The van der Waals surface area contributed by atoms with E-state index in [4.69, 9.17) is 4.74 Å². The summed E-state index contributed by atoms with van der Waals surface area (Å²) in [6.07, 6.45) is 9.66. The number of fused-ring (bicyclic) bond motifs is 4. The number of aryl methyl sites for hydroxylation is 2. The standard InChI is InChI=1S/C25H25N3O2S/c1-2-3-14-30-21-13-12-17-8-4-5-9-18(17)20(21)15-27-28-16-26-24-23(25(28)29)19-10-6-7-11-22(19)31-24/h4-5,8-9,12-13,15-16H,2-3,6-7,10-11,14H2,1H3/b27-15+. The van der Waals surface area contributed by atoms with Crippen LogP contribution < -0.4 is 10.3 Å². The number of hydrogen-bond donors (Lipinski definition) is 0. The summed E-state index contributed by atoms with van der Waals surface area (Å²) in [6.45, 7) is 2.80. The van der Waals surface area contributed by atoms with Crippen molar-refractivity contribution in [2.24, 2.45) is 5.10 Å². The molecule has 5 rings (SSSR count). The summed E-state index contributed by atoms with van der Waals surface area (Å²) >= 11 is 1.66. The SMILES string of the molecule is CCCCOc1ccc2ccccc2c1/C=N/n1cnc2sc3c(c2c1=O)CCCC3. The molecule has 1 aliphatic rings. The Morgan fingerprint density at radius 2 is 2.06 bits per heavy atom. The first-order valence-corrected chi connectivity index (χ1v) is 11.8. The zero-order valence-corrected chi connectivity index (χ0v) is 18.5. The highest BCUT2D eigenvalue weighted by atomic mass is 32.1. The Kier molecular flexibility index (Phi) is 5.55. The van der Waals surface area contributed by atoms with E-state index in [1.807, 2.05) is 18.2 Å². The van der Waals surface area contributed by atoms with Gasteiger partial charge in [0.2, 0.25) is 0 Å². The molecule has 0 unspecified atom stereocenters. The minimum atomic E-state index is -0.0886. The first kappa shape index (κ1) is 19.9. The van der Waals surface area contributed by atoms with E-state index >= 15 is 0 Å². The van der Waals surface area contributed by atoms with Gasteiger partial charge < -0.3 is 4.74 Å². The van der Waals surface area contributed by atoms with Crippen molar-refractivity contribution < 1.29 is 4.74 Å². The quantitative estimate of drug-likeness (QED) is 0.297. The Balaban J connectivity index is 1.58. The van der Waals surface area contributed by atoms with Gasteiger partial charge in [-0.2, -0.15) is 9.78 Å². The van der Waals surface area contributed by atoms with Crippen molar-refractivity contribution >= 4 is 38.5 Å². The summed E-state index contributed by atoms with van der Waals surface area (Å²) in [6, 6.07) is 12.2. The highest BCUT2D eigenvalue weighted by Gasteiger charge is 2.20. The number of thiophene rings is 1. The van der Waals surface area contributed by atoms with Gasteiger partial charge in [-0.3, -0.25) is 4.79 Å². The maximum atomic E-state index is 13.2. The molecule has 0 aliphatic heterocycles. The Morgan fingerprint density at radius 1 is 1.19 bits per heavy atom. The first-order valence-electron chi connectivity index (χ1n) is 11.0. The molecule has 4 aromatic rings. The monoisotopic (exact) mass is 431 g/mol. The van der Waals surface area contributed by atoms with Crippen molar-refractivity contribution in [3.63, 3.8) is 0 Å². The molecule has 1 aliphatic carbocycles. The average Bonchev–Trinajstić information content (AvgIpc) is 3.19. The van der Waals surface area contributed by atoms with Crippen molar-refractivity contribution in [2.45, 2.75) is 45.4 Å². The fourth-order valence-electron chi connectivity index (χ4n) is 4.20. The van der Waals surface area contributed by atoms with Crippen molar-refractivity contribution in [3.05, 3.63) is 69.1 Å². The van der Waals surface area contributed by atoms with Crippen molar-refractivity contribution in [1.29, 1.82) is 0 Å². The van der Waals surface area contributed by atoms with Crippen LogP contribution in [-0.2, 0) is 12.8 Å². The van der Waals surface area contributed by atoms with E-state index in [1.54, 1.807) is 17.6 Å². The number of nitrogens with zero attached hydrogens (tertiary/aromatic N) is 3. The van der Waals surface area contributed by atoms with Crippen LogP contribution in [0.1, 0.15) is 48.6 Å². The lowest BCUT2D eigenvalue weighted by Gasteiger charge is -2.11. The van der Waals surface area contributed by atoms with Crippen molar-refractivity contribution in [3.8, 4) is 5.75 Å². The lowest BCUT2D eigenvalue weighted by atomic mass is 9.97. The molecule has 0 saturated carbocycles. The van der Waals surface area contributed by atoms with Crippen LogP contribution in [0, 0.1) is 0 Å². The second-order valence-electron chi connectivity index (χ2n) is 7.93. The van der Waals surface area contributed by atoms with Crippen LogP contribution >= 0.6 is 11.3 Å². The summed E-state index contributed by atoms with van der Waals surface area (Å²) in [5.41, 5.74) is 1.98. The molecule has 0 atom stereocenters. The van der Waals surface area contributed by atoms with Gasteiger partial charge in [-0.25, -0.2) is 4.98 Å². The molecule has 0 amide bonds. The summed E-state index contributed by atoms with van der Waals surface area (Å²) in [7, 11) is 0. The van der Waals surface area contributed by atoms with Gasteiger partial charge in [0.05, 0.1) is 18.2 Å². The van der Waals surface area contributed by atoms with Crippen LogP contribution in [0.4, 0.5) is 0 Å². The molecule has 2 aromatic heterocycles. The zero-order valence-electron chi connectivity index (χ0n) is 17.6. The molecule has 0 spiro atoms. The molecule has 6 heteroatoms. The Labute approximate surface area is 185 Å². The van der Waals surface area contributed by atoms with E-state index in [0.717, 1.165) is 64.4 Å². The number of benzene rings is 2. The fraction of sp³-hybridized carbons (Fsp3) is 0.320. The van der Waals surface area contributed by atoms with Gasteiger partial charge in [-0.1, -0.05) is 43.7 Å². The van der Waals surface area contributed by atoms with Gasteiger partial charge in [-0.15, -0.1) is 11.3 Å². The Morgan fingerprint density at radius 3 is 2.97 bits per heavy atom. The second-order valence-corrected chi connectivity index (χ2v) is 9.01. The minimum absolute atomic E-state index is 0.0886. The summed E-state index contributed by atoms with van der Waals surface area (Å²) in [4.78, 5) is 19.9. The maximum absolute atomic E-state index is 13.2. The largest absolute Gasteiger partial charge is 0.493 e. The van der Waals surface area contributed by atoms with E-state index in [9.17, 15) is 4.79 Å². The van der Waals surface area contributed by atoms with E-state index in [1.165, 1.54) is 27.9 Å². The Bertz CT molecular complexity index is 1340. The van der Waals surface area contributed by atoms with Crippen LogP contribution in [-0.4, -0.2) is 22.5 Å². The van der Waals surface area contributed by atoms with Crippen LogP contribution in [0.15, 0.2) is 52.6 Å². The number of ether oxygens (including phenoxy) is 1. The van der Waals surface area contributed by atoms with Gasteiger partial charge in [0.15, 0.2) is 0 Å². The van der Waals surface area contributed by atoms with Gasteiger partial charge in [0, 0.05) is 10.4 Å².